The normalized spacial score (nSPS) is 10.7. The Morgan fingerprint density at radius 2 is 1.93 bits per heavy atom. The van der Waals surface area contributed by atoms with Crippen LogP contribution in [-0.2, 0) is 0 Å². The quantitative estimate of drug-likeness (QED) is 0.459. The number of pyridine rings is 1. The summed E-state index contributed by atoms with van der Waals surface area (Å²) < 4.78 is 0.707. The summed E-state index contributed by atoms with van der Waals surface area (Å²) in [5.74, 6) is 0.124. The van der Waals surface area contributed by atoms with E-state index in [1.807, 2.05) is 37.3 Å². The molecule has 0 spiro atoms. The maximum Gasteiger partial charge on any atom is 0.258 e. The Kier molecular flexibility index (Phi) is 4.92. The fourth-order valence-corrected chi connectivity index (χ4v) is 3.76. The van der Waals surface area contributed by atoms with Gasteiger partial charge < -0.3 is 16.4 Å². The zero-order valence-corrected chi connectivity index (χ0v) is 16.5. The van der Waals surface area contributed by atoms with E-state index in [1.165, 1.54) is 17.7 Å². The molecule has 0 saturated heterocycles. The van der Waals surface area contributed by atoms with Gasteiger partial charge in [-0.2, -0.15) is 0 Å². The average molecular weight is 402 g/mol. The van der Waals surface area contributed by atoms with E-state index in [-0.39, 0.29) is 5.91 Å². The van der Waals surface area contributed by atoms with E-state index in [0.717, 1.165) is 22.5 Å². The van der Waals surface area contributed by atoms with E-state index in [1.54, 1.807) is 17.8 Å². The van der Waals surface area contributed by atoms with Crippen molar-refractivity contribution in [1.82, 2.24) is 15.0 Å². The number of carbonyl (C=O) groups is 1. The molecular weight excluding hydrogens is 384 g/mol. The monoisotopic (exact) mass is 402 g/mol. The maximum atomic E-state index is 12.9. The molecule has 3 aromatic heterocycles. The van der Waals surface area contributed by atoms with Crippen LogP contribution in [0.5, 0.6) is 0 Å². The molecule has 3 heterocycles. The largest absolute Gasteiger partial charge is 0.382 e. The van der Waals surface area contributed by atoms with Gasteiger partial charge >= 0.3 is 0 Å². The third-order valence-corrected chi connectivity index (χ3v) is 5.43. The van der Waals surface area contributed by atoms with Crippen LogP contribution in [0.25, 0.3) is 15.9 Å². The molecule has 0 aliphatic rings. The van der Waals surface area contributed by atoms with E-state index in [4.69, 9.17) is 5.73 Å². The second-order valence-electron chi connectivity index (χ2n) is 6.41. The summed E-state index contributed by atoms with van der Waals surface area (Å²) in [6.45, 7) is 6.00. The highest BCUT2D eigenvalue weighted by molar-refractivity contribution is 7.18. The Balaban J connectivity index is 1.57. The van der Waals surface area contributed by atoms with Crippen LogP contribution in [0, 0.1) is 6.92 Å². The molecule has 8 heteroatoms. The van der Waals surface area contributed by atoms with Crippen LogP contribution >= 0.6 is 11.3 Å². The number of amides is 1. The number of benzene rings is 1. The van der Waals surface area contributed by atoms with Crippen molar-refractivity contribution in [1.29, 1.82) is 0 Å². The van der Waals surface area contributed by atoms with Gasteiger partial charge in [0.05, 0.1) is 15.8 Å². The number of aromatic nitrogens is 3. The minimum absolute atomic E-state index is 0.248. The molecule has 29 heavy (non-hydrogen) atoms. The molecule has 144 valence electrons. The van der Waals surface area contributed by atoms with Gasteiger partial charge in [-0.05, 0) is 36.8 Å². The Morgan fingerprint density at radius 3 is 2.72 bits per heavy atom. The molecule has 0 fully saturated rings. The highest BCUT2D eigenvalue weighted by atomic mass is 32.1. The van der Waals surface area contributed by atoms with E-state index in [9.17, 15) is 4.79 Å². The summed E-state index contributed by atoms with van der Waals surface area (Å²) in [5.41, 5.74) is 11.0. The van der Waals surface area contributed by atoms with Crippen molar-refractivity contribution in [3.05, 3.63) is 77.7 Å². The first-order valence-electron chi connectivity index (χ1n) is 8.79. The molecular formula is C21H18N6OS. The molecule has 4 N–H and O–H groups in total. The zero-order chi connectivity index (χ0) is 20.4. The van der Waals surface area contributed by atoms with Crippen LogP contribution < -0.4 is 16.4 Å². The van der Waals surface area contributed by atoms with Gasteiger partial charge in [0, 0.05) is 40.4 Å². The van der Waals surface area contributed by atoms with Crippen LogP contribution in [0.3, 0.4) is 0 Å². The lowest BCUT2D eigenvalue weighted by Crippen LogP contribution is -2.13. The lowest BCUT2D eigenvalue weighted by atomic mass is 10.1. The highest BCUT2D eigenvalue weighted by Crippen LogP contribution is 2.29. The Morgan fingerprint density at radius 1 is 1.14 bits per heavy atom. The topological polar surface area (TPSA) is 106 Å². The molecule has 0 bridgehead atoms. The second kappa shape index (κ2) is 7.69. The number of thiophene rings is 1. The maximum absolute atomic E-state index is 12.9. The van der Waals surface area contributed by atoms with Crippen LogP contribution in [-0.4, -0.2) is 20.9 Å². The van der Waals surface area contributed by atoms with Crippen molar-refractivity contribution in [2.75, 3.05) is 16.4 Å². The first-order valence-corrected chi connectivity index (χ1v) is 9.67. The summed E-state index contributed by atoms with van der Waals surface area (Å²) >= 11 is 1.35. The van der Waals surface area contributed by atoms with Gasteiger partial charge in [0.25, 0.3) is 5.91 Å². The van der Waals surface area contributed by atoms with Gasteiger partial charge in [-0.15, -0.1) is 11.3 Å². The molecule has 0 aliphatic heterocycles. The highest BCUT2D eigenvalue weighted by Gasteiger charge is 2.16. The molecule has 0 atom stereocenters. The fourth-order valence-electron chi connectivity index (χ4n) is 2.85. The number of rotatable bonds is 5. The minimum atomic E-state index is -0.248. The summed E-state index contributed by atoms with van der Waals surface area (Å²) in [5, 5.41) is 7.97. The Hall–Kier alpha value is -3.78. The first-order chi connectivity index (χ1) is 14.0. The van der Waals surface area contributed by atoms with E-state index in [0.29, 0.717) is 27.3 Å². The third-order valence-electron chi connectivity index (χ3n) is 4.44. The lowest BCUT2D eigenvalue weighted by Gasteiger charge is -2.13. The number of hydrogen-bond donors (Lipinski definition) is 3. The summed E-state index contributed by atoms with van der Waals surface area (Å²) in [7, 11) is 0. The number of aryl methyl sites for hydroxylation is 1. The van der Waals surface area contributed by atoms with Gasteiger partial charge in [0.15, 0.2) is 0 Å². The molecule has 4 aromatic rings. The van der Waals surface area contributed by atoms with Crippen LogP contribution in [0.4, 0.5) is 17.2 Å². The lowest BCUT2D eigenvalue weighted by molar-refractivity contribution is 0.102. The number of carbonyl (C=O) groups excluding carboxylic acids is 1. The van der Waals surface area contributed by atoms with Gasteiger partial charge in [-0.25, -0.2) is 9.97 Å². The Labute approximate surface area is 171 Å². The molecule has 1 amide bonds. The zero-order valence-electron chi connectivity index (χ0n) is 15.6. The standard InChI is InChI=1S/C21H18N6OS/c1-12-3-4-15(26-13(2)14-5-7-23-8-6-14)9-17(12)27-21(28)16-10-29-19-18(16)24-11-25-20(19)22/h3-11,26H,2H2,1H3,(H,27,28)(H2,22,24,25). The number of nitrogen functional groups attached to an aromatic ring is 1. The Bertz CT molecular complexity index is 1220. The summed E-state index contributed by atoms with van der Waals surface area (Å²) in [6.07, 6.45) is 4.79. The number of hydrogen-bond acceptors (Lipinski definition) is 7. The van der Waals surface area contributed by atoms with Crippen molar-refractivity contribution < 1.29 is 4.79 Å². The van der Waals surface area contributed by atoms with Crippen molar-refractivity contribution in [2.24, 2.45) is 0 Å². The number of nitrogens with one attached hydrogen (secondary N) is 2. The van der Waals surface area contributed by atoms with Gasteiger partial charge in [0.2, 0.25) is 0 Å². The third kappa shape index (κ3) is 3.78. The number of anilines is 3. The average Bonchev–Trinajstić information content (AvgIpc) is 3.17. The van der Waals surface area contributed by atoms with Gasteiger partial charge in [0.1, 0.15) is 12.1 Å². The minimum Gasteiger partial charge on any atom is -0.382 e. The van der Waals surface area contributed by atoms with Crippen LogP contribution in [0.15, 0.2) is 61.0 Å². The molecule has 0 aliphatic carbocycles. The number of fused-ring (bicyclic) bond motifs is 1. The SMILES string of the molecule is C=C(Nc1ccc(C)c(NC(=O)c2csc3c(N)ncnc23)c1)c1ccncc1. The van der Waals surface area contributed by atoms with Gasteiger partial charge in [-0.1, -0.05) is 12.6 Å². The van der Waals surface area contributed by atoms with Crippen LogP contribution in [0.1, 0.15) is 21.5 Å². The van der Waals surface area contributed by atoms with Crippen molar-refractivity contribution >= 4 is 50.4 Å². The summed E-state index contributed by atoms with van der Waals surface area (Å²) in [4.78, 5) is 25.0. The predicted octanol–water partition coefficient (Wildman–Crippen LogP) is 4.31. The van der Waals surface area contributed by atoms with Crippen LogP contribution in [0.2, 0.25) is 0 Å². The van der Waals surface area contributed by atoms with Crippen molar-refractivity contribution in [3.8, 4) is 0 Å². The van der Waals surface area contributed by atoms with Gasteiger partial charge in [-0.3, -0.25) is 9.78 Å². The smallest absolute Gasteiger partial charge is 0.258 e. The fraction of sp³-hybridized carbons (Fsp3) is 0.0476. The van der Waals surface area contributed by atoms with E-state index in [2.05, 4.69) is 32.2 Å². The van der Waals surface area contributed by atoms with Crippen molar-refractivity contribution in [3.63, 3.8) is 0 Å². The molecule has 0 radical (unpaired) electrons. The summed E-state index contributed by atoms with van der Waals surface area (Å²) in [6, 6.07) is 9.50. The van der Waals surface area contributed by atoms with Crippen molar-refractivity contribution in [2.45, 2.75) is 6.92 Å². The molecule has 4 rings (SSSR count). The second-order valence-corrected chi connectivity index (χ2v) is 7.29. The van der Waals surface area contributed by atoms with E-state index >= 15 is 0 Å². The first kappa shape index (κ1) is 18.6. The molecule has 0 saturated carbocycles. The van der Waals surface area contributed by atoms with E-state index < -0.39 is 0 Å². The molecule has 0 unspecified atom stereocenters. The predicted molar refractivity (Wildman–Crippen MR) is 118 cm³/mol. The molecule has 7 nitrogen and oxygen atoms in total. The number of nitrogens with zero attached hydrogens (tertiary/aromatic N) is 3. The molecule has 1 aromatic carbocycles. The number of nitrogens with two attached hydrogens (primary N) is 1.